The Bertz CT molecular complexity index is 521. The molecule has 4 nitrogen and oxygen atoms in total. The van der Waals surface area contributed by atoms with E-state index >= 15 is 0 Å². The van der Waals surface area contributed by atoms with Crippen molar-refractivity contribution in [3.63, 3.8) is 0 Å². The van der Waals surface area contributed by atoms with E-state index in [4.69, 9.17) is 5.73 Å². The molecule has 78 valence electrons. The van der Waals surface area contributed by atoms with Crippen molar-refractivity contribution >= 4 is 27.5 Å². The second-order valence-corrected chi connectivity index (χ2v) is 4.16. The second-order valence-electron chi connectivity index (χ2n) is 3.09. The Labute approximate surface area is 90.8 Å². The van der Waals surface area contributed by atoms with Gasteiger partial charge in [0.05, 0.1) is 4.70 Å². The Kier molecular flexibility index (Phi) is 2.73. The van der Waals surface area contributed by atoms with Gasteiger partial charge in [0, 0.05) is 6.20 Å². The van der Waals surface area contributed by atoms with E-state index < -0.39 is 0 Å². The van der Waals surface area contributed by atoms with E-state index in [1.54, 1.807) is 10.3 Å². The normalized spacial score (nSPS) is 10.1. The van der Waals surface area contributed by atoms with Gasteiger partial charge in [-0.3, -0.25) is 9.89 Å². The minimum absolute atomic E-state index is 0.170. The lowest BCUT2D eigenvalue weighted by molar-refractivity contribution is -0.118. The summed E-state index contributed by atoms with van der Waals surface area (Å²) < 4.78 is 2.80. The van der Waals surface area contributed by atoms with Gasteiger partial charge in [0.15, 0.2) is 0 Å². The van der Waals surface area contributed by atoms with Crippen molar-refractivity contribution in [3.05, 3.63) is 36.5 Å². The van der Waals surface area contributed by atoms with Gasteiger partial charge in [0.1, 0.15) is 6.54 Å². The van der Waals surface area contributed by atoms with Crippen molar-refractivity contribution in [1.82, 2.24) is 9.17 Å². The third-order valence-electron chi connectivity index (χ3n) is 1.91. The monoisotopic (exact) mass is 221 g/mol. The number of amides is 1. The molecule has 1 heterocycles. The summed E-state index contributed by atoms with van der Waals surface area (Å²) in [6.07, 6.45) is 1.79. The minimum atomic E-state index is -0.359. The molecule has 1 aromatic carbocycles. The second kappa shape index (κ2) is 4.18. The van der Waals surface area contributed by atoms with Crippen LogP contribution in [0.25, 0.3) is 10.1 Å². The highest BCUT2D eigenvalue weighted by Crippen LogP contribution is 2.15. The smallest absolute Gasteiger partial charge is 0.240 e. The third-order valence-corrected chi connectivity index (χ3v) is 2.93. The molecule has 0 radical (unpaired) electrons. The van der Waals surface area contributed by atoms with Gasteiger partial charge in [-0.25, -0.2) is 4.07 Å². The number of nitrogens with two attached hydrogens (primary N) is 1. The highest BCUT2D eigenvalue weighted by molar-refractivity contribution is 7.13. The molecule has 0 aliphatic carbocycles. The average molecular weight is 221 g/mol. The van der Waals surface area contributed by atoms with Crippen LogP contribution in [-0.2, 0) is 11.3 Å². The molecular weight excluding hydrogens is 210 g/mol. The van der Waals surface area contributed by atoms with Crippen LogP contribution in [0.1, 0.15) is 0 Å². The van der Waals surface area contributed by atoms with Gasteiger partial charge in [-0.2, -0.15) is 0 Å². The molecule has 0 aliphatic heterocycles. The SMILES string of the molecule is NC(=O)Cn1[nH]ccc2ccccc2s1. The predicted octanol–water partition coefficient (Wildman–Crippen LogP) is 1.64. The van der Waals surface area contributed by atoms with Gasteiger partial charge >= 0.3 is 0 Å². The summed E-state index contributed by atoms with van der Waals surface area (Å²) in [7, 11) is 0. The standard InChI is InChI=1S/C10H11N3OS/c11-10(14)7-13-12-6-5-8-3-1-2-4-9(8)15-13/h1-6,12H,7H2,(H2,11,14). The molecule has 15 heavy (non-hydrogen) atoms. The number of aromatic nitrogens is 2. The molecule has 0 spiro atoms. The van der Waals surface area contributed by atoms with E-state index in [1.165, 1.54) is 11.5 Å². The summed E-state index contributed by atoms with van der Waals surface area (Å²) in [6, 6.07) is 9.93. The number of nitrogens with zero attached hydrogens (tertiary/aromatic N) is 1. The highest BCUT2D eigenvalue weighted by atomic mass is 32.1. The number of carbonyl (C=O) groups is 1. The highest BCUT2D eigenvalue weighted by Gasteiger charge is 1.96. The summed E-state index contributed by atoms with van der Waals surface area (Å²) in [6.45, 7) is 0.170. The first-order valence-electron chi connectivity index (χ1n) is 4.51. The van der Waals surface area contributed by atoms with E-state index in [0.29, 0.717) is 0 Å². The Morgan fingerprint density at radius 1 is 1.40 bits per heavy atom. The number of aromatic amines is 1. The number of primary amides is 1. The number of benzene rings is 1. The predicted molar refractivity (Wildman–Crippen MR) is 61.0 cm³/mol. The van der Waals surface area contributed by atoms with Crippen LogP contribution in [0, 0.1) is 0 Å². The minimum Gasteiger partial charge on any atom is -0.368 e. The zero-order valence-corrected chi connectivity index (χ0v) is 8.83. The lowest BCUT2D eigenvalue weighted by Gasteiger charge is -1.98. The number of nitrogens with one attached hydrogen (secondary N) is 1. The molecule has 0 saturated carbocycles. The molecule has 0 aliphatic rings. The van der Waals surface area contributed by atoms with Gasteiger partial charge in [-0.05, 0) is 29.1 Å². The molecule has 0 saturated heterocycles. The Morgan fingerprint density at radius 3 is 3.00 bits per heavy atom. The molecule has 2 aromatic rings. The summed E-state index contributed by atoms with van der Waals surface area (Å²) >= 11 is 1.47. The Morgan fingerprint density at radius 2 is 2.20 bits per heavy atom. The average Bonchev–Trinajstić information content (AvgIpc) is 2.38. The van der Waals surface area contributed by atoms with E-state index in [0.717, 1.165) is 10.1 Å². The lowest BCUT2D eigenvalue weighted by Crippen LogP contribution is -2.18. The summed E-state index contributed by atoms with van der Waals surface area (Å²) in [4.78, 5) is 10.8. The van der Waals surface area contributed by atoms with Crippen molar-refractivity contribution in [2.75, 3.05) is 0 Å². The fraction of sp³-hybridized carbons (Fsp3) is 0.100. The zero-order chi connectivity index (χ0) is 10.7. The number of H-pyrrole nitrogens is 1. The van der Waals surface area contributed by atoms with Crippen LogP contribution >= 0.6 is 11.5 Å². The van der Waals surface area contributed by atoms with Crippen LogP contribution in [0.5, 0.6) is 0 Å². The van der Waals surface area contributed by atoms with Crippen molar-refractivity contribution in [2.24, 2.45) is 5.73 Å². The van der Waals surface area contributed by atoms with Crippen LogP contribution in [-0.4, -0.2) is 15.1 Å². The summed E-state index contributed by atoms with van der Waals surface area (Å²) in [5.41, 5.74) is 5.14. The molecule has 0 bridgehead atoms. The molecule has 1 aromatic heterocycles. The van der Waals surface area contributed by atoms with Crippen LogP contribution in [0.2, 0.25) is 0 Å². The van der Waals surface area contributed by atoms with Crippen molar-refractivity contribution in [3.8, 4) is 0 Å². The van der Waals surface area contributed by atoms with E-state index in [1.807, 2.05) is 30.3 Å². The maximum atomic E-state index is 10.8. The number of hydrogen-bond acceptors (Lipinski definition) is 2. The van der Waals surface area contributed by atoms with Crippen LogP contribution in [0.15, 0.2) is 36.5 Å². The van der Waals surface area contributed by atoms with Crippen molar-refractivity contribution in [1.29, 1.82) is 0 Å². The maximum Gasteiger partial charge on any atom is 0.240 e. The fourth-order valence-corrected chi connectivity index (χ4v) is 2.20. The van der Waals surface area contributed by atoms with Crippen molar-refractivity contribution in [2.45, 2.75) is 6.54 Å². The number of carbonyl (C=O) groups excluding carboxylic acids is 1. The first kappa shape index (κ1) is 9.79. The van der Waals surface area contributed by atoms with Gasteiger partial charge < -0.3 is 5.73 Å². The van der Waals surface area contributed by atoms with Gasteiger partial charge in [-0.15, -0.1) is 0 Å². The topological polar surface area (TPSA) is 63.8 Å². The zero-order valence-electron chi connectivity index (χ0n) is 8.01. The van der Waals surface area contributed by atoms with E-state index in [-0.39, 0.29) is 12.5 Å². The van der Waals surface area contributed by atoms with E-state index in [9.17, 15) is 4.79 Å². The Hall–Kier alpha value is -1.75. The lowest BCUT2D eigenvalue weighted by atomic mass is 10.3. The molecule has 1 amide bonds. The number of rotatable bonds is 2. The molecule has 3 N–H and O–H groups in total. The fourth-order valence-electron chi connectivity index (χ4n) is 1.28. The third kappa shape index (κ3) is 2.38. The Balaban J connectivity index is 2.56. The molecule has 5 heteroatoms. The van der Waals surface area contributed by atoms with Gasteiger partial charge in [0.2, 0.25) is 5.91 Å². The molecule has 0 fully saturated rings. The molecule has 0 atom stereocenters. The van der Waals surface area contributed by atoms with Crippen LogP contribution in [0.4, 0.5) is 0 Å². The molecule has 0 unspecified atom stereocenters. The van der Waals surface area contributed by atoms with Crippen LogP contribution < -0.4 is 5.73 Å². The summed E-state index contributed by atoms with van der Waals surface area (Å²) in [5, 5.41) is 4.10. The summed E-state index contributed by atoms with van der Waals surface area (Å²) in [5.74, 6) is -0.359. The number of hydrogen-bond donors (Lipinski definition) is 2. The van der Waals surface area contributed by atoms with Gasteiger partial charge in [-0.1, -0.05) is 18.2 Å². The molecule has 2 rings (SSSR count). The first-order valence-corrected chi connectivity index (χ1v) is 5.28. The number of fused-ring (bicyclic) bond motifs is 1. The van der Waals surface area contributed by atoms with E-state index in [2.05, 4.69) is 5.10 Å². The van der Waals surface area contributed by atoms with Crippen LogP contribution in [0.3, 0.4) is 0 Å². The quantitative estimate of drug-likeness (QED) is 0.795. The van der Waals surface area contributed by atoms with Gasteiger partial charge in [0.25, 0.3) is 0 Å². The first-order chi connectivity index (χ1) is 7.25. The molecular formula is C10H11N3OS. The largest absolute Gasteiger partial charge is 0.368 e. The maximum absolute atomic E-state index is 10.8. The van der Waals surface area contributed by atoms with Crippen molar-refractivity contribution < 1.29 is 4.79 Å².